The number of hydrogen-bond donors (Lipinski definition) is 1. The highest BCUT2D eigenvalue weighted by Gasteiger charge is 2.21. The summed E-state index contributed by atoms with van der Waals surface area (Å²) in [4.78, 5) is 11.0. The maximum absolute atomic E-state index is 11.0. The predicted octanol–water partition coefficient (Wildman–Crippen LogP) is 3.96. The number of carbonyl (C=O) groups is 1. The zero-order valence-electron chi connectivity index (χ0n) is 11.1. The molecule has 96 valence electrons. The minimum atomic E-state index is -0.837. The number of hydrogen-bond acceptors (Lipinski definition) is 1. The Bertz CT molecular complexity index is 460. The molecule has 0 amide bonds. The van der Waals surface area contributed by atoms with Gasteiger partial charge in [0.2, 0.25) is 0 Å². The fraction of sp³-hybridized carbons (Fsp3) is 0.438. The van der Waals surface area contributed by atoms with Gasteiger partial charge in [-0.15, -0.1) is 0 Å². The molecule has 2 rings (SSSR count). The molecule has 1 N–H and O–H groups in total. The normalized spacial score (nSPS) is 17.1. The van der Waals surface area contributed by atoms with Crippen molar-refractivity contribution >= 4 is 11.5 Å². The van der Waals surface area contributed by atoms with Crippen LogP contribution < -0.4 is 0 Å². The molecule has 1 saturated carbocycles. The highest BCUT2D eigenvalue weighted by atomic mass is 16.4. The van der Waals surface area contributed by atoms with Crippen molar-refractivity contribution in [2.24, 2.45) is 5.92 Å². The first kappa shape index (κ1) is 12.9. The quantitative estimate of drug-likeness (QED) is 0.817. The zero-order chi connectivity index (χ0) is 13.1. The second kappa shape index (κ2) is 5.38. The maximum atomic E-state index is 11.0. The van der Waals surface area contributed by atoms with Gasteiger partial charge < -0.3 is 5.11 Å². The maximum Gasteiger partial charge on any atom is 0.328 e. The third-order valence-electron chi connectivity index (χ3n) is 3.63. The molecule has 1 aromatic carbocycles. The van der Waals surface area contributed by atoms with E-state index in [4.69, 9.17) is 5.11 Å². The highest BCUT2D eigenvalue weighted by Crippen LogP contribution is 2.37. The summed E-state index contributed by atoms with van der Waals surface area (Å²) >= 11 is 0. The van der Waals surface area contributed by atoms with Gasteiger partial charge in [0.1, 0.15) is 0 Å². The van der Waals surface area contributed by atoms with Crippen molar-refractivity contribution in [3.63, 3.8) is 0 Å². The van der Waals surface area contributed by atoms with E-state index < -0.39 is 5.97 Å². The first-order valence-corrected chi connectivity index (χ1v) is 6.59. The van der Waals surface area contributed by atoms with Crippen LogP contribution in [0.3, 0.4) is 0 Å². The van der Waals surface area contributed by atoms with Crippen molar-refractivity contribution in [2.75, 3.05) is 0 Å². The van der Waals surface area contributed by atoms with Gasteiger partial charge in [-0.2, -0.15) is 0 Å². The summed E-state index contributed by atoms with van der Waals surface area (Å²) in [6, 6.07) is 6.32. The number of rotatable bonds is 3. The molecule has 0 heterocycles. The minimum Gasteiger partial charge on any atom is -0.478 e. The monoisotopic (exact) mass is 244 g/mol. The summed E-state index contributed by atoms with van der Waals surface area (Å²) in [7, 11) is 0. The van der Waals surface area contributed by atoms with E-state index in [2.05, 4.69) is 32.0 Å². The van der Waals surface area contributed by atoms with Crippen LogP contribution in [-0.2, 0) is 4.79 Å². The van der Waals surface area contributed by atoms with E-state index in [1.807, 2.05) is 0 Å². The lowest BCUT2D eigenvalue weighted by Crippen LogP contribution is -2.02. The van der Waals surface area contributed by atoms with E-state index in [1.54, 1.807) is 0 Å². The molecule has 0 radical (unpaired) electrons. The first-order valence-electron chi connectivity index (χ1n) is 6.59. The number of carboxylic acid groups (broad SMARTS) is 1. The van der Waals surface area contributed by atoms with Crippen LogP contribution >= 0.6 is 0 Å². The Morgan fingerprint density at radius 3 is 2.22 bits per heavy atom. The Balaban J connectivity index is 2.42. The van der Waals surface area contributed by atoms with Crippen molar-refractivity contribution in [3.05, 3.63) is 41.0 Å². The van der Waals surface area contributed by atoms with Crippen molar-refractivity contribution in [3.8, 4) is 0 Å². The van der Waals surface area contributed by atoms with Gasteiger partial charge in [-0.25, -0.2) is 4.79 Å². The van der Waals surface area contributed by atoms with E-state index in [0.29, 0.717) is 5.92 Å². The van der Waals surface area contributed by atoms with Gasteiger partial charge in [0, 0.05) is 6.08 Å². The molecule has 1 aliphatic carbocycles. The molecule has 0 unspecified atom stereocenters. The van der Waals surface area contributed by atoms with Crippen molar-refractivity contribution in [2.45, 2.75) is 39.5 Å². The third-order valence-corrected chi connectivity index (χ3v) is 3.63. The molecule has 18 heavy (non-hydrogen) atoms. The van der Waals surface area contributed by atoms with E-state index in [9.17, 15) is 4.79 Å². The van der Waals surface area contributed by atoms with Gasteiger partial charge in [0.05, 0.1) is 0 Å². The Morgan fingerprint density at radius 1 is 1.17 bits per heavy atom. The van der Waals surface area contributed by atoms with Crippen LogP contribution in [0.1, 0.15) is 42.4 Å². The Kier molecular flexibility index (Phi) is 3.85. The Labute approximate surface area is 108 Å². The summed E-state index contributed by atoms with van der Waals surface area (Å²) in [5, 5.41) is 9.07. The fourth-order valence-corrected chi connectivity index (χ4v) is 2.95. The number of benzene rings is 1. The van der Waals surface area contributed by atoms with E-state index >= 15 is 0 Å². The summed E-state index contributed by atoms with van der Waals surface area (Å²) in [6.07, 6.45) is 6.07. The topological polar surface area (TPSA) is 37.3 Å². The number of aliphatic carboxylic acids is 1. The van der Waals surface area contributed by atoms with Crippen molar-refractivity contribution in [1.29, 1.82) is 0 Å². The van der Waals surface area contributed by atoms with Crippen LogP contribution in [0.2, 0.25) is 0 Å². The van der Waals surface area contributed by atoms with Crippen molar-refractivity contribution < 1.29 is 9.90 Å². The molecule has 0 spiro atoms. The predicted molar refractivity (Wildman–Crippen MR) is 73.5 cm³/mol. The second-order valence-corrected chi connectivity index (χ2v) is 5.30. The zero-order valence-corrected chi connectivity index (χ0v) is 11.1. The summed E-state index contributed by atoms with van der Waals surface area (Å²) < 4.78 is 0. The van der Waals surface area contributed by atoms with Gasteiger partial charge in [-0.3, -0.25) is 0 Å². The molecule has 1 aromatic rings. The SMILES string of the molecule is Cc1cc(C)cc(/C(=C/C(=O)O)C2CCCC2)c1. The lowest BCUT2D eigenvalue weighted by Gasteiger charge is -2.15. The van der Waals surface area contributed by atoms with E-state index in [-0.39, 0.29) is 0 Å². The van der Waals surface area contributed by atoms with Crippen LogP contribution in [0.5, 0.6) is 0 Å². The standard InChI is InChI=1S/C16H20O2/c1-11-7-12(2)9-14(8-11)15(10-16(17)18)13-5-3-4-6-13/h7-10,13H,3-6H2,1-2H3,(H,17,18)/b15-10+. The van der Waals surface area contributed by atoms with Crippen LogP contribution in [0, 0.1) is 19.8 Å². The van der Waals surface area contributed by atoms with Gasteiger partial charge in [-0.1, -0.05) is 42.2 Å². The fourth-order valence-electron chi connectivity index (χ4n) is 2.95. The van der Waals surface area contributed by atoms with Crippen LogP contribution in [0.15, 0.2) is 24.3 Å². The van der Waals surface area contributed by atoms with E-state index in [1.165, 1.54) is 30.0 Å². The van der Waals surface area contributed by atoms with Gasteiger partial charge >= 0.3 is 5.97 Å². The van der Waals surface area contributed by atoms with Gasteiger partial charge in [0.15, 0.2) is 0 Å². The number of carboxylic acids is 1. The smallest absolute Gasteiger partial charge is 0.328 e. The molecule has 0 aliphatic heterocycles. The van der Waals surface area contributed by atoms with E-state index in [0.717, 1.165) is 24.0 Å². The molecule has 0 atom stereocenters. The summed E-state index contributed by atoms with van der Waals surface area (Å²) in [5.41, 5.74) is 4.48. The van der Waals surface area contributed by atoms with Gasteiger partial charge in [0.25, 0.3) is 0 Å². The van der Waals surface area contributed by atoms with Crippen LogP contribution in [-0.4, -0.2) is 11.1 Å². The number of allylic oxidation sites excluding steroid dienone is 1. The van der Waals surface area contributed by atoms with Crippen LogP contribution in [0.25, 0.3) is 5.57 Å². The second-order valence-electron chi connectivity index (χ2n) is 5.30. The third kappa shape index (κ3) is 3.00. The molecule has 0 bridgehead atoms. The minimum absolute atomic E-state index is 0.419. The average Bonchev–Trinajstić information content (AvgIpc) is 2.77. The molecule has 1 fully saturated rings. The van der Waals surface area contributed by atoms with Gasteiger partial charge in [-0.05, 0) is 43.7 Å². The molecular weight excluding hydrogens is 224 g/mol. The molecular formula is C16H20O2. The molecule has 0 saturated heterocycles. The lowest BCUT2D eigenvalue weighted by molar-refractivity contribution is -0.131. The first-order chi connectivity index (χ1) is 8.56. The molecule has 1 aliphatic rings. The average molecular weight is 244 g/mol. The van der Waals surface area contributed by atoms with Crippen molar-refractivity contribution in [1.82, 2.24) is 0 Å². The highest BCUT2D eigenvalue weighted by molar-refractivity contribution is 5.90. The molecule has 0 aromatic heterocycles. The summed E-state index contributed by atoms with van der Waals surface area (Å²) in [6.45, 7) is 4.12. The molecule has 2 nitrogen and oxygen atoms in total. The van der Waals surface area contributed by atoms with Crippen LogP contribution in [0.4, 0.5) is 0 Å². The lowest BCUT2D eigenvalue weighted by atomic mass is 9.89. The Morgan fingerprint density at radius 2 is 1.72 bits per heavy atom. The number of aryl methyl sites for hydroxylation is 2. The summed E-state index contributed by atoms with van der Waals surface area (Å²) in [5.74, 6) is -0.418. The Hall–Kier alpha value is -1.57. The largest absolute Gasteiger partial charge is 0.478 e. The molecule has 2 heteroatoms.